The predicted octanol–water partition coefficient (Wildman–Crippen LogP) is 3.56. The van der Waals surface area contributed by atoms with Gasteiger partial charge in [-0.25, -0.2) is 0 Å². The van der Waals surface area contributed by atoms with Gasteiger partial charge in [0, 0.05) is 11.6 Å². The van der Waals surface area contributed by atoms with Gasteiger partial charge in [-0.15, -0.1) is 0 Å². The van der Waals surface area contributed by atoms with E-state index in [1.54, 1.807) is 25.3 Å². The van der Waals surface area contributed by atoms with Crippen molar-refractivity contribution in [1.29, 1.82) is 0 Å². The summed E-state index contributed by atoms with van der Waals surface area (Å²) in [5, 5.41) is 0. The number of hydrogen-bond donors (Lipinski definition) is 0. The first-order chi connectivity index (χ1) is 9.24. The fraction of sp³-hybridized carbons (Fsp3) is 0.0625. The van der Waals surface area contributed by atoms with Crippen molar-refractivity contribution < 1.29 is 14.3 Å². The van der Waals surface area contributed by atoms with Crippen LogP contribution in [0.3, 0.4) is 0 Å². The molecule has 2 rings (SSSR count). The SMILES string of the molecule is C=C(Oc1cc(OC)ccc1C=O)c1ccccc1. The van der Waals surface area contributed by atoms with Gasteiger partial charge in [-0.2, -0.15) is 0 Å². The van der Waals surface area contributed by atoms with Crippen LogP contribution in [-0.2, 0) is 0 Å². The van der Waals surface area contributed by atoms with Crippen LogP contribution in [0.5, 0.6) is 11.5 Å². The minimum atomic E-state index is 0.434. The number of hydrogen-bond acceptors (Lipinski definition) is 3. The lowest BCUT2D eigenvalue weighted by Gasteiger charge is -2.11. The van der Waals surface area contributed by atoms with Crippen molar-refractivity contribution in [3.63, 3.8) is 0 Å². The molecule has 2 aromatic rings. The number of methoxy groups -OCH3 is 1. The Bertz CT molecular complexity index is 588. The van der Waals surface area contributed by atoms with Crippen molar-refractivity contribution in [1.82, 2.24) is 0 Å². The molecule has 0 amide bonds. The van der Waals surface area contributed by atoms with Gasteiger partial charge in [-0.05, 0) is 12.1 Å². The first-order valence-corrected chi connectivity index (χ1v) is 5.80. The van der Waals surface area contributed by atoms with E-state index in [1.165, 1.54) is 0 Å². The van der Waals surface area contributed by atoms with Crippen molar-refractivity contribution in [3.8, 4) is 11.5 Å². The van der Waals surface area contributed by atoms with Gasteiger partial charge in [0.1, 0.15) is 17.3 Å². The summed E-state index contributed by atoms with van der Waals surface area (Å²) in [6.45, 7) is 3.87. The minimum Gasteiger partial charge on any atom is -0.497 e. The first kappa shape index (κ1) is 12.9. The van der Waals surface area contributed by atoms with Gasteiger partial charge in [0.25, 0.3) is 0 Å². The molecule has 0 bridgehead atoms. The molecular weight excluding hydrogens is 240 g/mol. The second kappa shape index (κ2) is 5.87. The molecule has 0 aliphatic heterocycles. The largest absolute Gasteiger partial charge is 0.497 e. The maximum absolute atomic E-state index is 11.0. The summed E-state index contributed by atoms with van der Waals surface area (Å²) < 4.78 is 10.8. The third-order valence-corrected chi connectivity index (χ3v) is 2.68. The highest BCUT2D eigenvalue weighted by atomic mass is 16.5. The number of aldehydes is 1. The van der Waals surface area contributed by atoms with Gasteiger partial charge in [0.2, 0.25) is 0 Å². The molecule has 0 aromatic heterocycles. The topological polar surface area (TPSA) is 35.5 Å². The summed E-state index contributed by atoms with van der Waals surface area (Å²) in [6.07, 6.45) is 0.743. The second-order valence-electron chi connectivity index (χ2n) is 3.91. The standard InChI is InChI=1S/C16H14O3/c1-12(13-6-4-3-5-7-13)19-16-10-15(18-2)9-8-14(16)11-17/h3-11H,1H2,2H3. The van der Waals surface area contributed by atoms with Crippen LogP contribution < -0.4 is 9.47 Å². The molecule has 0 unspecified atom stereocenters. The van der Waals surface area contributed by atoms with Crippen molar-refractivity contribution in [2.45, 2.75) is 0 Å². The first-order valence-electron chi connectivity index (χ1n) is 5.80. The lowest BCUT2D eigenvalue weighted by molar-refractivity contribution is 0.112. The van der Waals surface area contributed by atoms with E-state index < -0.39 is 0 Å². The van der Waals surface area contributed by atoms with Crippen molar-refractivity contribution in [3.05, 3.63) is 66.2 Å². The number of carbonyl (C=O) groups excluding carboxylic acids is 1. The van der Waals surface area contributed by atoms with Gasteiger partial charge in [-0.1, -0.05) is 36.9 Å². The van der Waals surface area contributed by atoms with E-state index in [0.717, 1.165) is 11.8 Å². The highest BCUT2D eigenvalue weighted by Gasteiger charge is 2.08. The fourth-order valence-electron chi connectivity index (χ4n) is 1.64. The lowest BCUT2D eigenvalue weighted by Crippen LogP contribution is -1.97. The average molecular weight is 254 g/mol. The van der Waals surface area contributed by atoms with Gasteiger partial charge < -0.3 is 9.47 Å². The van der Waals surface area contributed by atoms with Crippen LogP contribution in [0.2, 0.25) is 0 Å². The maximum Gasteiger partial charge on any atom is 0.153 e. The Morgan fingerprint density at radius 3 is 2.53 bits per heavy atom. The molecule has 0 N–H and O–H groups in total. The van der Waals surface area contributed by atoms with E-state index in [1.807, 2.05) is 30.3 Å². The van der Waals surface area contributed by atoms with Crippen LogP contribution in [0.1, 0.15) is 15.9 Å². The number of carbonyl (C=O) groups is 1. The van der Waals surface area contributed by atoms with Crippen LogP contribution in [0.25, 0.3) is 5.76 Å². The van der Waals surface area contributed by atoms with E-state index in [-0.39, 0.29) is 0 Å². The third-order valence-electron chi connectivity index (χ3n) is 2.68. The molecule has 3 heteroatoms. The Morgan fingerprint density at radius 2 is 1.89 bits per heavy atom. The molecule has 0 heterocycles. The van der Waals surface area contributed by atoms with Crippen LogP contribution in [-0.4, -0.2) is 13.4 Å². The van der Waals surface area contributed by atoms with E-state index in [9.17, 15) is 4.79 Å². The van der Waals surface area contributed by atoms with Crippen molar-refractivity contribution in [2.24, 2.45) is 0 Å². The zero-order valence-electron chi connectivity index (χ0n) is 10.6. The third kappa shape index (κ3) is 3.01. The summed E-state index contributed by atoms with van der Waals surface area (Å²) in [5.41, 5.74) is 1.32. The smallest absolute Gasteiger partial charge is 0.153 e. The fourth-order valence-corrected chi connectivity index (χ4v) is 1.64. The summed E-state index contributed by atoms with van der Waals surface area (Å²) in [7, 11) is 1.56. The van der Waals surface area contributed by atoms with Gasteiger partial charge in [0.15, 0.2) is 6.29 Å². The molecule has 3 nitrogen and oxygen atoms in total. The van der Waals surface area contributed by atoms with E-state index in [2.05, 4.69) is 6.58 Å². The normalized spacial score (nSPS) is 9.74. The van der Waals surface area contributed by atoms with Gasteiger partial charge >= 0.3 is 0 Å². The average Bonchev–Trinajstić information content (AvgIpc) is 2.48. The van der Waals surface area contributed by atoms with Gasteiger partial charge in [-0.3, -0.25) is 4.79 Å². The summed E-state index contributed by atoms with van der Waals surface area (Å²) >= 11 is 0. The molecule has 0 fully saturated rings. The molecule has 19 heavy (non-hydrogen) atoms. The summed E-state index contributed by atoms with van der Waals surface area (Å²) in [5.74, 6) is 1.54. The lowest BCUT2D eigenvalue weighted by atomic mass is 10.2. The number of rotatable bonds is 5. The number of benzene rings is 2. The molecule has 2 aromatic carbocycles. The molecule has 0 aliphatic rings. The molecule has 0 saturated heterocycles. The molecular formula is C16H14O3. The molecule has 96 valence electrons. The predicted molar refractivity (Wildman–Crippen MR) is 74.5 cm³/mol. The van der Waals surface area contributed by atoms with Crippen molar-refractivity contribution in [2.75, 3.05) is 7.11 Å². The Balaban J connectivity index is 2.27. The van der Waals surface area contributed by atoms with Crippen LogP contribution in [0, 0.1) is 0 Å². The molecule has 0 atom stereocenters. The zero-order chi connectivity index (χ0) is 13.7. The molecule has 0 spiro atoms. The van der Waals surface area contributed by atoms with E-state index in [0.29, 0.717) is 22.8 Å². The van der Waals surface area contributed by atoms with Gasteiger partial charge in [0.05, 0.1) is 12.7 Å². The Labute approximate surface area is 112 Å². The quantitative estimate of drug-likeness (QED) is 0.604. The maximum atomic E-state index is 11.0. The summed E-state index contributed by atoms with van der Waals surface area (Å²) in [4.78, 5) is 11.0. The molecule has 0 aliphatic carbocycles. The molecule has 0 saturated carbocycles. The van der Waals surface area contributed by atoms with Crippen molar-refractivity contribution >= 4 is 12.0 Å². The Morgan fingerprint density at radius 1 is 1.16 bits per heavy atom. The Hall–Kier alpha value is -2.55. The Kier molecular flexibility index (Phi) is 3.98. The summed E-state index contributed by atoms with van der Waals surface area (Å²) in [6, 6.07) is 14.5. The van der Waals surface area contributed by atoms with E-state index >= 15 is 0 Å². The molecule has 0 radical (unpaired) electrons. The highest BCUT2D eigenvalue weighted by Crippen LogP contribution is 2.27. The zero-order valence-corrected chi connectivity index (χ0v) is 10.6. The number of ether oxygens (including phenoxy) is 2. The van der Waals surface area contributed by atoms with Crippen LogP contribution in [0.4, 0.5) is 0 Å². The second-order valence-corrected chi connectivity index (χ2v) is 3.91. The van der Waals surface area contributed by atoms with E-state index in [4.69, 9.17) is 9.47 Å². The van der Waals surface area contributed by atoms with Crippen LogP contribution >= 0.6 is 0 Å². The highest BCUT2D eigenvalue weighted by molar-refractivity contribution is 5.80. The monoisotopic (exact) mass is 254 g/mol. The minimum absolute atomic E-state index is 0.434. The van der Waals surface area contributed by atoms with Crippen LogP contribution in [0.15, 0.2) is 55.1 Å².